The van der Waals surface area contributed by atoms with Crippen LogP contribution < -0.4 is 10.6 Å². The van der Waals surface area contributed by atoms with Gasteiger partial charge in [-0.25, -0.2) is 0 Å². The van der Waals surface area contributed by atoms with Crippen molar-refractivity contribution in [1.29, 1.82) is 5.26 Å². The summed E-state index contributed by atoms with van der Waals surface area (Å²) in [6.45, 7) is 2.78. The molecular formula is C22H23N5O3. The smallest absolute Gasteiger partial charge is 0.271 e. The minimum absolute atomic E-state index is 0.0757. The van der Waals surface area contributed by atoms with Crippen LogP contribution >= 0.6 is 0 Å². The van der Waals surface area contributed by atoms with E-state index in [-0.39, 0.29) is 23.0 Å². The van der Waals surface area contributed by atoms with Crippen LogP contribution in [0.15, 0.2) is 66.4 Å². The lowest BCUT2D eigenvalue weighted by atomic mass is 10.0. The maximum atomic E-state index is 12.3. The van der Waals surface area contributed by atoms with Crippen molar-refractivity contribution >= 4 is 17.3 Å². The fraction of sp³-hybridized carbons (Fsp3) is 0.273. The first kappa shape index (κ1) is 21.0. The molecule has 30 heavy (non-hydrogen) atoms. The van der Waals surface area contributed by atoms with Crippen molar-refractivity contribution in [2.45, 2.75) is 25.4 Å². The quantitative estimate of drug-likeness (QED) is 0.317. The molecule has 3 rings (SSSR count). The molecule has 0 aromatic heterocycles. The van der Waals surface area contributed by atoms with Crippen molar-refractivity contribution in [3.8, 4) is 6.07 Å². The molecule has 0 radical (unpaired) electrons. The number of rotatable bonds is 7. The summed E-state index contributed by atoms with van der Waals surface area (Å²) in [6, 6.07) is 18.0. The van der Waals surface area contributed by atoms with Crippen molar-refractivity contribution in [3.63, 3.8) is 0 Å². The Kier molecular flexibility index (Phi) is 7.14. The van der Waals surface area contributed by atoms with Crippen LogP contribution in [0.3, 0.4) is 0 Å². The zero-order valence-electron chi connectivity index (χ0n) is 16.5. The third kappa shape index (κ3) is 5.90. The molecule has 154 valence electrons. The maximum Gasteiger partial charge on any atom is 0.271 e. The number of piperidine rings is 1. The fourth-order valence-corrected chi connectivity index (χ4v) is 3.34. The number of nitriles is 1. The minimum atomic E-state index is -0.605. The molecule has 0 aliphatic carbocycles. The zero-order valence-corrected chi connectivity index (χ0v) is 16.5. The number of anilines is 1. The summed E-state index contributed by atoms with van der Waals surface area (Å²) in [5, 5.41) is 25.9. The molecular weight excluding hydrogens is 382 g/mol. The Morgan fingerprint density at radius 3 is 2.60 bits per heavy atom. The van der Waals surface area contributed by atoms with E-state index >= 15 is 0 Å². The van der Waals surface area contributed by atoms with Gasteiger partial charge in [-0.05, 0) is 24.5 Å². The van der Waals surface area contributed by atoms with Gasteiger partial charge in [-0.15, -0.1) is 0 Å². The molecule has 8 heteroatoms. The molecule has 2 aromatic carbocycles. The molecule has 0 unspecified atom stereocenters. The summed E-state index contributed by atoms with van der Waals surface area (Å²) in [6.07, 6.45) is 3.26. The van der Waals surface area contributed by atoms with Crippen LogP contribution in [0.1, 0.15) is 18.4 Å². The summed E-state index contributed by atoms with van der Waals surface area (Å²) < 4.78 is 0. The predicted octanol–water partition coefficient (Wildman–Crippen LogP) is 3.19. The van der Waals surface area contributed by atoms with Crippen molar-refractivity contribution in [1.82, 2.24) is 10.2 Å². The third-order valence-corrected chi connectivity index (χ3v) is 4.98. The van der Waals surface area contributed by atoms with E-state index in [0.717, 1.165) is 32.5 Å². The topological polar surface area (TPSA) is 111 Å². The zero-order chi connectivity index (χ0) is 21.3. The van der Waals surface area contributed by atoms with E-state index in [4.69, 9.17) is 0 Å². The number of carbonyl (C=O) groups excluding carboxylic acids is 1. The fourth-order valence-electron chi connectivity index (χ4n) is 3.34. The number of hydrogen-bond acceptors (Lipinski definition) is 6. The predicted molar refractivity (Wildman–Crippen MR) is 113 cm³/mol. The van der Waals surface area contributed by atoms with Crippen LogP contribution in [0, 0.1) is 21.4 Å². The average Bonchev–Trinajstić information content (AvgIpc) is 2.76. The van der Waals surface area contributed by atoms with E-state index in [1.807, 2.05) is 24.3 Å². The Morgan fingerprint density at radius 1 is 1.20 bits per heavy atom. The van der Waals surface area contributed by atoms with Crippen molar-refractivity contribution in [2.75, 3.05) is 18.4 Å². The number of benzene rings is 2. The molecule has 0 saturated carbocycles. The van der Waals surface area contributed by atoms with E-state index in [1.54, 1.807) is 0 Å². The van der Waals surface area contributed by atoms with E-state index in [0.29, 0.717) is 0 Å². The number of likely N-dealkylation sites (tertiary alicyclic amines) is 1. The number of nitrogens with one attached hydrogen (secondary N) is 2. The van der Waals surface area contributed by atoms with Crippen molar-refractivity contribution in [2.24, 2.45) is 0 Å². The lowest BCUT2D eigenvalue weighted by Gasteiger charge is -2.32. The number of nitrogens with zero attached hydrogens (tertiary/aromatic N) is 3. The minimum Gasteiger partial charge on any atom is -0.387 e. The number of nitro groups is 1. The Morgan fingerprint density at radius 2 is 1.93 bits per heavy atom. The number of hydrogen-bond donors (Lipinski definition) is 2. The van der Waals surface area contributed by atoms with Gasteiger partial charge in [0.15, 0.2) is 0 Å². The summed E-state index contributed by atoms with van der Waals surface area (Å²) >= 11 is 0. The van der Waals surface area contributed by atoms with E-state index in [9.17, 15) is 20.2 Å². The van der Waals surface area contributed by atoms with Crippen LogP contribution in [0.25, 0.3) is 0 Å². The highest BCUT2D eigenvalue weighted by Crippen LogP contribution is 2.18. The van der Waals surface area contributed by atoms with Crippen molar-refractivity contribution in [3.05, 3.63) is 82.0 Å². The van der Waals surface area contributed by atoms with Gasteiger partial charge in [-0.2, -0.15) is 5.26 Å². The number of nitro benzene ring substituents is 1. The molecule has 1 heterocycles. The van der Waals surface area contributed by atoms with Crippen LogP contribution in [0.4, 0.5) is 11.4 Å². The van der Waals surface area contributed by atoms with Crippen LogP contribution in [-0.4, -0.2) is 34.9 Å². The second-order valence-electron chi connectivity index (χ2n) is 7.13. The van der Waals surface area contributed by atoms with Gasteiger partial charge in [0.05, 0.1) is 4.92 Å². The second-order valence-corrected chi connectivity index (χ2v) is 7.13. The van der Waals surface area contributed by atoms with Gasteiger partial charge in [-0.1, -0.05) is 36.4 Å². The highest BCUT2D eigenvalue weighted by molar-refractivity contribution is 6.06. The Labute approximate surface area is 175 Å². The molecule has 1 fully saturated rings. The van der Waals surface area contributed by atoms with E-state index in [1.165, 1.54) is 36.0 Å². The Hall–Kier alpha value is -3.70. The number of carbonyl (C=O) groups is 1. The Balaban J connectivity index is 1.51. The normalized spacial score (nSPS) is 15.2. The van der Waals surface area contributed by atoms with Gasteiger partial charge in [0.1, 0.15) is 11.6 Å². The van der Waals surface area contributed by atoms with E-state index < -0.39 is 10.8 Å². The van der Waals surface area contributed by atoms with Gasteiger partial charge in [0.2, 0.25) is 0 Å². The van der Waals surface area contributed by atoms with Gasteiger partial charge in [0, 0.05) is 49.7 Å². The lowest BCUT2D eigenvalue weighted by molar-refractivity contribution is -0.384. The van der Waals surface area contributed by atoms with Crippen LogP contribution in [-0.2, 0) is 11.3 Å². The molecule has 0 bridgehead atoms. The van der Waals surface area contributed by atoms with E-state index in [2.05, 4.69) is 27.7 Å². The summed E-state index contributed by atoms with van der Waals surface area (Å²) in [4.78, 5) is 25.0. The average molecular weight is 405 g/mol. The molecule has 0 spiro atoms. The largest absolute Gasteiger partial charge is 0.387 e. The Bertz CT molecular complexity index is 960. The van der Waals surface area contributed by atoms with Crippen LogP contribution in [0.5, 0.6) is 0 Å². The molecule has 1 amide bonds. The van der Waals surface area contributed by atoms with Gasteiger partial charge in [-0.3, -0.25) is 19.8 Å². The summed E-state index contributed by atoms with van der Waals surface area (Å²) in [5.41, 5.74) is 1.35. The molecule has 1 aliphatic heterocycles. The second kappa shape index (κ2) is 10.2. The monoisotopic (exact) mass is 405 g/mol. The van der Waals surface area contributed by atoms with Crippen LogP contribution in [0.2, 0.25) is 0 Å². The molecule has 2 aromatic rings. The van der Waals surface area contributed by atoms with Crippen molar-refractivity contribution < 1.29 is 9.72 Å². The highest BCUT2D eigenvalue weighted by atomic mass is 16.6. The first-order valence-electron chi connectivity index (χ1n) is 9.73. The SMILES string of the molecule is N#C/C(=C/NC1CCN(Cc2ccccc2)CC1)C(=O)Nc1cccc([N+](=O)[O-])c1. The maximum absolute atomic E-state index is 12.3. The first-order chi connectivity index (χ1) is 14.5. The standard InChI is InChI=1S/C22H23N5O3/c23-14-18(22(28)25-20-7-4-8-21(13-20)27(29)30)15-24-19-9-11-26(12-10-19)16-17-5-2-1-3-6-17/h1-8,13,15,19,24H,9-12,16H2,(H,25,28)/b18-15-. The van der Waals surface area contributed by atoms with Gasteiger partial charge >= 0.3 is 0 Å². The molecule has 8 nitrogen and oxygen atoms in total. The highest BCUT2D eigenvalue weighted by Gasteiger charge is 2.19. The molecule has 1 aliphatic rings. The molecule has 2 N–H and O–H groups in total. The molecule has 1 saturated heterocycles. The first-order valence-corrected chi connectivity index (χ1v) is 9.73. The summed E-state index contributed by atoms with van der Waals surface area (Å²) in [5.74, 6) is -0.605. The number of amides is 1. The summed E-state index contributed by atoms with van der Waals surface area (Å²) in [7, 11) is 0. The lowest BCUT2D eigenvalue weighted by Crippen LogP contribution is -2.40. The third-order valence-electron chi connectivity index (χ3n) is 4.98. The van der Waals surface area contributed by atoms with Gasteiger partial charge in [0.25, 0.3) is 11.6 Å². The number of non-ortho nitro benzene ring substituents is 1. The molecule has 0 atom stereocenters. The van der Waals surface area contributed by atoms with Gasteiger partial charge < -0.3 is 10.6 Å².